The Morgan fingerprint density at radius 1 is 0.826 bits per heavy atom. The quantitative estimate of drug-likeness (QED) is 0.615. The second kappa shape index (κ2) is 7.09. The summed E-state index contributed by atoms with van der Waals surface area (Å²) in [6.45, 7) is 1.61. The first-order chi connectivity index (χ1) is 11.3. The maximum absolute atomic E-state index is 5.76. The fourth-order valence-electron chi connectivity index (χ4n) is 2.60. The number of ether oxygens (including phenoxy) is 3. The van der Waals surface area contributed by atoms with Crippen LogP contribution in [0.2, 0.25) is 0 Å². The molecule has 3 aromatic rings. The number of aryl methyl sites for hydroxylation is 1. The highest BCUT2D eigenvalue weighted by molar-refractivity contribution is 5.81. The molecule has 1 aromatic heterocycles. The van der Waals surface area contributed by atoms with Crippen molar-refractivity contribution in [2.24, 2.45) is 0 Å². The first-order valence-electron chi connectivity index (χ1n) is 7.70. The van der Waals surface area contributed by atoms with Crippen LogP contribution in [-0.4, -0.2) is 25.4 Å². The number of methoxy groups -OCH3 is 2. The Morgan fingerprint density at radius 2 is 1.52 bits per heavy atom. The molecule has 0 spiro atoms. The number of hydrogen-bond donors (Lipinski definition) is 0. The average molecular weight is 311 g/mol. The second-order valence-corrected chi connectivity index (χ2v) is 5.31. The van der Waals surface area contributed by atoms with Crippen LogP contribution in [-0.2, 0) is 6.54 Å². The Hall–Kier alpha value is -2.62. The third-order valence-corrected chi connectivity index (χ3v) is 3.85. The summed E-state index contributed by atoms with van der Waals surface area (Å²) in [6.07, 6.45) is 3.05. The van der Waals surface area contributed by atoms with Crippen molar-refractivity contribution < 1.29 is 14.2 Å². The lowest BCUT2D eigenvalue weighted by Gasteiger charge is -2.09. The molecule has 0 aliphatic rings. The van der Waals surface area contributed by atoms with Crippen LogP contribution in [0.25, 0.3) is 10.9 Å². The molecule has 1 heterocycles. The lowest BCUT2D eigenvalue weighted by atomic mass is 10.2. The van der Waals surface area contributed by atoms with Gasteiger partial charge in [-0.1, -0.05) is 0 Å². The van der Waals surface area contributed by atoms with Gasteiger partial charge in [-0.05, 0) is 55.0 Å². The van der Waals surface area contributed by atoms with E-state index in [-0.39, 0.29) is 0 Å². The topological polar surface area (TPSA) is 32.6 Å². The van der Waals surface area contributed by atoms with Gasteiger partial charge in [-0.2, -0.15) is 0 Å². The Kier molecular flexibility index (Phi) is 4.71. The van der Waals surface area contributed by atoms with E-state index in [0.717, 1.165) is 30.2 Å². The van der Waals surface area contributed by atoms with Crippen LogP contribution in [0.4, 0.5) is 0 Å². The zero-order valence-electron chi connectivity index (χ0n) is 13.5. The van der Waals surface area contributed by atoms with E-state index in [1.807, 2.05) is 30.3 Å². The number of nitrogens with zero attached hydrogens (tertiary/aromatic N) is 1. The van der Waals surface area contributed by atoms with Crippen molar-refractivity contribution in [3.63, 3.8) is 0 Å². The molecule has 0 bridgehead atoms. The molecular formula is C19H21NO3. The first-order valence-corrected chi connectivity index (χ1v) is 7.70. The van der Waals surface area contributed by atoms with Gasteiger partial charge in [0.2, 0.25) is 0 Å². The summed E-state index contributed by atoms with van der Waals surface area (Å²) in [5.74, 6) is 2.59. The molecule has 0 amide bonds. The lowest BCUT2D eigenvalue weighted by molar-refractivity contribution is 0.302. The predicted molar refractivity (Wildman–Crippen MR) is 91.6 cm³/mol. The van der Waals surface area contributed by atoms with Crippen LogP contribution in [0.15, 0.2) is 54.7 Å². The molecule has 4 nitrogen and oxygen atoms in total. The Bertz CT molecular complexity index is 762. The number of hydrogen-bond acceptors (Lipinski definition) is 3. The molecule has 0 radical (unpaired) electrons. The first kappa shape index (κ1) is 15.3. The lowest BCUT2D eigenvalue weighted by Crippen LogP contribution is -2.03. The summed E-state index contributed by atoms with van der Waals surface area (Å²) in [4.78, 5) is 0. The monoisotopic (exact) mass is 311 g/mol. The van der Waals surface area contributed by atoms with Gasteiger partial charge in [0.15, 0.2) is 0 Å². The third-order valence-electron chi connectivity index (χ3n) is 3.85. The van der Waals surface area contributed by atoms with Gasteiger partial charge in [-0.15, -0.1) is 0 Å². The van der Waals surface area contributed by atoms with Crippen LogP contribution in [0.3, 0.4) is 0 Å². The minimum absolute atomic E-state index is 0.683. The van der Waals surface area contributed by atoms with E-state index in [0.29, 0.717) is 6.61 Å². The molecule has 0 saturated carbocycles. The largest absolute Gasteiger partial charge is 0.497 e. The zero-order valence-corrected chi connectivity index (χ0v) is 13.5. The van der Waals surface area contributed by atoms with Gasteiger partial charge in [0.25, 0.3) is 0 Å². The molecule has 0 fully saturated rings. The van der Waals surface area contributed by atoms with Crippen molar-refractivity contribution in [3.05, 3.63) is 54.7 Å². The molecule has 120 valence electrons. The summed E-state index contributed by atoms with van der Waals surface area (Å²) >= 11 is 0. The van der Waals surface area contributed by atoms with Gasteiger partial charge in [0, 0.05) is 23.6 Å². The highest BCUT2D eigenvalue weighted by Gasteiger charge is 2.03. The molecule has 3 rings (SSSR count). The Balaban J connectivity index is 1.54. The average Bonchev–Trinajstić information content (AvgIpc) is 3.01. The minimum Gasteiger partial charge on any atom is -0.497 e. The maximum Gasteiger partial charge on any atom is 0.119 e. The summed E-state index contributed by atoms with van der Waals surface area (Å²) in [6, 6.07) is 15.9. The van der Waals surface area contributed by atoms with Crippen molar-refractivity contribution >= 4 is 10.9 Å². The van der Waals surface area contributed by atoms with Crippen molar-refractivity contribution in [1.29, 1.82) is 0 Å². The zero-order chi connectivity index (χ0) is 16.1. The third kappa shape index (κ3) is 3.59. The summed E-state index contributed by atoms with van der Waals surface area (Å²) < 4.78 is 18.4. The van der Waals surface area contributed by atoms with Crippen molar-refractivity contribution in [2.75, 3.05) is 20.8 Å². The van der Waals surface area contributed by atoms with Gasteiger partial charge in [-0.3, -0.25) is 0 Å². The van der Waals surface area contributed by atoms with Gasteiger partial charge in [0.1, 0.15) is 17.2 Å². The van der Waals surface area contributed by atoms with Crippen molar-refractivity contribution in [3.8, 4) is 17.2 Å². The molecule has 4 heteroatoms. The van der Waals surface area contributed by atoms with Crippen molar-refractivity contribution in [1.82, 2.24) is 4.57 Å². The molecule has 2 aromatic carbocycles. The minimum atomic E-state index is 0.683. The van der Waals surface area contributed by atoms with E-state index in [1.54, 1.807) is 14.2 Å². The number of rotatable bonds is 7. The van der Waals surface area contributed by atoms with E-state index < -0.39 is 0 Å². The SMILES string of the molecule is COc1ccc(OCCCn2ccc3cc(OC)ccc32)cc1. The maximum atomic E-state index is 5.76. The predicted octanol–water partition coefficient (Wildman–Crippen LogP) is 4.13. The molecule has 0 atom stereocenters. The van der Waals surface area contributed by atoms with Gasteiger partial charge in [0.05, 0.1) is 20.8 Å². The highest BCUT2D eigenvalue weighted by atomic mass is 16.5. The highest BCUT2D eigenvalue weighted by Crippen LogP contribution is 2.22. The smallest absolute Gasteiger partial charge is 0.119 e. The molecule has 0 aliphatic carbocycles. The number of fused-ring (bicyclic) bond motifs is 1. The number of aromatic nitrogens is 1. The molecule has 0 N–H and O–H groups in total. The van der Waals surface area contributed by atoms with Gasteiger partial charge < -0.3 is 18.8 Å². The standard InChI is InChI=1S/C19H21NO3/c1-21-16-4-6-17(7-5-16)23-13-3-11-20-12-10-15-14-18(22-2)8-9-19(15)20/h4-10,12,14H,3,11,13H2,1-2H3. The molecule has 0 saturated heterocycles. The number of benzene rings is 2. The Morgan fingerprint density at radius 3 is 2.26 bits per heavy atom. The van der Waals surface area contributed by atoms with Crippen LogP contribution < -0.4 is 14.2 Å². The van der Waals surface area contributed by atoms with Gasteiger partial charge >= 0.3 is 0 Å². The van der Waals surface area contributed by atoms with E-state index in [1.165, 1.54) is 10.9 Å². The molecule has 0 aliphatic heterocycles. The molecular weight excluding hydrogens is 290 g/mol. The summed E-state index contributed by atoms with van der Waals surface area (Å²) in [5.41, 5.74) is 1.22. The summed E-state index contributed by atoms with van der Waals surface area (Å²) in [5, 5.41) is 1.19. The van der Waals surface area contributed by atoms with E-state index in [9.17, 15) is 0 Å². The van der Waals surface area contributed by atoms with Crippen molar-refractivity contribution in [2.45, 2.75) is 13.0 Å². The second-order valence-electron chi connectivity index (χ2n) is 5.31. The van der Waals surface area contributed by atoms with Crippen LogP contribution in [0, 0.1) is 0 Å². The van der Waals surface area contributed by atoms with E-state index >= 15 is 0 Å². The normalized spacial score (nSPS) is 10.7. The summed E-state index contributed by atoms with van der Waals surface area (Å²) in [7, 11) is 3.35. The van der Waals surface area contributed by atoms with Crippen LogP contribution in [0.5, 0.6) is 17.2 Å². The fraction of sp³-hybridized carbons (Fsp3) is 0.263. The molecule has 0 unspecified atom stereocenters. The fourth-order valence-corrected chi connectivity index (χ4v) is 2.60. The van der Waals surface area contributed by atoms with E-state index in [2.05, 4.69) is 29.0 Å². The van der Waals surface area contributed by atoms with Gasteiger partial charge in [-0.25, -0.2) is 0 Å². The van der Waals surface area contributed by atoms with Crippen LogP contribution >= 0.6 is 0 Å². The Labute approximate surface area is 136 Å². The van der Waals surface area contributed by atoms with E-state index in [4.69, 9.17) is 14.2 Å². The van der Waals surface area contributed by atoms with Crippen LogP contribution in [0.1, 0.15) is 6.42 Å². The molecule has 23 heavy (non-hydrogen) atoms.